The van der Waals surface area contributed by atoms with Crippen molar-refractivity contribution in [3.8, 4) is 0 Å². The first-order valence-corrected chi connectivity index (χ1v) is 11.6. The molecule has 1 atom stereocenters. The van der Waals surface area contributed by atoms with Gasteiger partial charge in [-0.3, -0.25) is 25.2 Å². The predicted molar refractivity (Wildman–Crippen MR) is 119 cm³/mol. The summed E-state index contributed by atoms with van der Waals surface area (Å²) in [6.07, 6.45) is 0.873. The van der Waals surface area contributed by atoms with Crippen molar-refractivity contribution in [2.24, 2.45) is 5.92 Å². The maximum Gasteiger partial charge on any atom is 0.269 e. The van der Waals surface area contributed by atoms with Crippen LogP contribution in [0.3, 0.4) is 0 Å². The van der Waals surface area contributed by atoms with E-state index in [1.807, 2.05) is 31.2 Å². The molecule has 1 fully saturated rings. The van der Waals surface area contributed by atoms with Crippen LogP contribution in [-0.4, -0.2) is 51.1 Å². The van der Waals surface area contributed by atoms with Crippen LogP contribution in [-0.2, 0) is 26.0 Å². The molecule has 170 valence electrons. The molecule has 1 heterocycles. The van der Waals surface area contributed by atoms with E-state index < -0.39 is 27.8 Å². The van der Waals surface area contributed by atoms with Crippen LogP contribution in [0.25, 0.3) is 0 Å². The minimum atomic E-state index is -3.70. The topological polar surface area (TPSA) is 116 Å². The van der Waals surface area contributed by atoms with E-state index in [2.05, 4.69) is 10.9 Å². The summed E-state index contributed by atoms with van der Waals surface area (Å²) in [5, 5.41) is 0. The van der Waals surface area contributed by atoms with E-state index in [9.17, 15) is 22.8 Å². The molecule has 2 aromatic rings. The highest BCUT2D eigenvalue weighted by molar-refractivity contribution is 7.89. The van der Waals surface area contributed by atoms with Crippen molar-refractivity contribution >= 4 is 33.4 Å². The fourth-order valence-electron chi connectivity index (χ4n) is 3.38. The van der Waals surface area contributed by atoms with Gasteiger partial charge in [-0.2, -0.15) is 0 Å². The lowest BCUT2D eigenvalue weighted by molar-refractivity contribution is -0.126. The molecule has 32 heavy (non-hydrogen) atoms. The van der Waals surface area contributed by atoms with Gasteiger partial charge in [0.15, 0.2) is 0 Å². The standard InChI is InChI=1S/C22H26N4O5S/c1-4-15-7-5-9-18(11-15)26-14-17(13-20(26)27)22(29)24-23-21(28)16-8-6-10-19(12-16)32(30,31)25(2)3/h5-12,17H,4,13-14H2,1-3H3,(H,23,28)(H,24,29). The van der Waals surface area contributed by atoms with Crippen LogP contribution in [0.5, 0.6) is 0 Å². The lowest BCUT2D eigenvalue weighted by atomic mass is 10.1. The first-order valence-electron chi connectivity index (χ1n) is 10.2. The lowest BCUT2D eigenvalue weighted by Crippen LogP contribution is -2.45. The fraction of sp³-hybridized carbons (Fsp3) is 0.318. The maximum atomic E-state index is 12.5. The molecular weight excluding hydrogens is 432 g/mol. The molecule has 1 aliphatic heterocycles. The Morgan fingerprint density at radius 3 is 2.50 bits per heavy atom. The van der Waals surface area contributed by atoms with E-state index in [0.717, 1.165) is 22.0 Å². The lowest BCUT2D eigenvalue weighted by Gasteiger charge is -2.17. The molecule has 0 radical (unpaired) electrons. The van der Waals surface area contributed by atoms with Crippen LogP contribution in [0, 0.1) is 5.92 Å². The molecule has 0 aromatic heterocycles. The number of carbonyl (C=O) groups excluding carboxylic acids is 3. The third-order valence-electron chi connectivity index (χ3n) is 5.30. The first-order chi connectivity index (χ1) is 15.1. The van der Waals surface area contributed by atoms with E-state index in [4.69, 9.17) is 0 Å². The Balaban J connectivity index is 1.62. The normalized spacial score (nSPS) is 16.3. The number of benzene rings is 2. The highest BCUT2D eigenvalue weighted by atomic mass is 32.2. The van der Waals surface area contributed by atoms with Gasteiger partial charge in [0.1, 0.15) is 0 Å². The molecule has 1 saturated heterocycles. The molecule has 10 heteroatoms. The van der Waals surface area contributed by atoms with E-state index in [-0.39, 0.29) is 29.3 Å². The number of sulfonamides is 1. The van der Waals surface area contributed by atoms with Crippen LogP contribution in [0.1, 0.15) is 29.3 Å². The van der Waals surface area contributed by atoms with Crippen LogP contribution in [0.4, 0.5) is 5.69 Å². The SMILES string of the molecule is CCc1cccc(N2CC(C(=O)NNC(=O)c3cccc(S(=O)(=O)N(C)C)c3)CC2=O)c1. The van der Waals surface area contributed by atoms with Crippen LogP contribution in [0.2, 0.25) is 0 Å². The monoisotopic (exact) mass is 458 g/mol. The van der Waals surface area contributed by atoms with Gasteiger partial charge in [0.05, 0.1) is 10.8 Å². The molecule has 1 aliphatic rings. The summed E-state index contributed by atoms with van der Waals surface area (Å²) >= 11 is 0. The second kappa shape index (κ2) is 9.49. The van der Waals surface area contributed by atoms with E-state index >= 15 is 0 Å². The third kappa shape index (κ3) is 4.97. The Kier molecular flexibility index (Phi) is 6.95. The third-order valence-corrected chi connectivity index (χ3v) is 7.11. The minimum Gasteiger partial charge on any atom is -0.312 e. The van der Waals surface area contributed by atoms with E-state index in [1.165, 1.54) is 38.4 Å². The van der Waals surface area contributed by atoms with Crippen LogP contribution in [0.15, 0.2) is 53.4 Å². The van der Waals surface area contributed by atoms with Crippen molar-refractivity contribution in [2.45, 2.75) is 24.7 Å². The number of nitrogens with one attached hydrogen (secondary N) is 2. The van der Waals surface area contributed by atoms with Crippen molar-refractivity contribution in [1.29, 1.82) is 0 Å². The average Bonchev–Trinajstić information content (AvgIpc) is 3.19. The van der Waals surface area contributed by atoms with Crippen LogP contribution < -0.4 is 15.8 Å². The largest absolute Gasteiger partial charge is 0.312 e. The van der Waals surface area contributed by atoms with Gasteiger partial charge in [-0.25, -0.2) is 12.7 Å². The number of amides is 3. The predicted octanol–water partition coefficient (Wildman–Crippen LogP) is 1.31. The van der Waals surface area contributed by atoms with Crippen molar-refractivity contribution < 1.29 is 22.8 Å². The highest BCUT2D eigenvalue weighted by Crippen LogP contribution is 2.26. The van der Waals surface area contributed by atoms with Gasteiger partial charge in [0.2, 0.25) is 21.8 Å². The number of anilines is 1. The number of hydrogen-bond acceptors (Lipinski definition) is 5. The summed E-state index contributed by atoms with van der Waals surface area (Å²) in [5.74, 6) is -1.93. The Hall–Kier alpha value is -3.24. The Labute approximate surface area is 187 Å². The molecule has 2 aromatic carbocycles. The van der Waals surface area contributed by atoms with Crippen molar-refractivity contribution in [2.75, 3.05) is 25.5 Å². The molecule has 9 nitrogen and oxygen atoms in total. The van der Waals surface area contributed by atoms with Gasteiger partial charge in [0, 0.05) is 38.3 Å². The highest BCUT2D eigenvalue weighted by Gasteiger charge is 2.35. The van der Waals surface area contributed by atoms with Crippen molar-refractivity contribution in [3.63, 3.8) is 0 Å². The number of aryl methyl sites for hydroxylation is 1. The average molecular weight is 459 g/mol. The quantitative estimate of drug-likeness (QED) is 0.634. The van der Waals surface area contributed by atoms with Gasteiger partial charge in [0.25, 0.3) is 5.91 Å². The molecular formula is C22H26N4O5S. The molecule has 3 amide bonds. The van der Waals surface area contributed by atoms with Crippen molar-refractivity contribution in [1.82, 2.24) is 15.2 Å². The zero-order chi connectivity index (χ0) is 23.5. The second-order valence-electron chi connectivity index (χ2n) is 7.69. The molecule has 0 aliphatic carbocycles. The summed E-state index contributed by atoms with van der Waals surface area (Å²) < 4.78 is 25.6. The van der Waals surface area contributed by atoms with E-state index in [0.29, 0.717) is 0 Å². The summed E-state index contributed by atoms with van der Waals surface area (Å²) in [7, 11) is -0.906. The van der Waals surface area contributed by atoms with Gasteiger partial charge < -0.3 is 4.90 Å². The number of hydrazine groups is 1. The van der Waals surface area contributed by atoms with Gasteiger partial charge in [-0.05, 0) is 42.3 Å². The summed E-state index contributed by atoms with van der Waals surface area (Å²) in [5.41, 5.74) is 6.55. The number of hydrogen-bond donors (Lipinski definition) is 2. The molecule has 1 unspecified atom stereocenters. The maximum absolute atomic E-state index is 12.5. The first kappa shape index (κ1) is 23.4. The molecule has 0 bridgehead atoms. The zero-order valence-electron chi connectivity index (χ0n) is 18.2. The summed E-state index contributed by atoms with van der Waals surface area (Å²) in [6.45, 7) is 2.24. The van der Waals surface area contributed by atoms with Gasteiger partial charge in [-0.15, -0.1) is 0 Å². The van der Waals surface area contributed by atoms with E-state index in [1.54, 1.807) is 4.90 Å². The molecule has 3 rings (SSSR count). The second-order valence-corrected chi connectivity index (χ2v) is 9.84. The smallest absolute Gasteiger partial charge is 0.269 e. The van der Waals surface area contributed by atoms with Crippen LogP contribution >= 0.6 is 0 Å². The number of rotatable bonds is 6. The molecule has 0 spiro atoms. The zero-order valence-corrected chi connectivity index (χ0v) is 19.0. The Bertz CT molecular complexity index is 1150. The number of carbonyl (C=O) groups is 3. The van der Waals surface area contributed by atoms with Gasteiger partial charge >= 0.3 is 0 Å². The summed E-state index contributed by atoms with van der Waals surface area (Å²) in [4.78, 5) is 38.9. The summed E-state index contributed by atoms with van der Waals surface area (Å²) in [6, 6.07) is 13.1. The van der Waals surface area contributed by atoms with Crippen molar-refractivity contribution in [3.05, 3.63) is 59.7 Å². The Morgan fingerprint density at radius 1 is 1.09 bits per heavy atom. The molecule has 0 saturated carbocycles. The Morgan fingerprint density at radius 2 is 1.81 bits per heavy atom. The van der Waals surface area contributed by atoms with Gasteiger partial charge in [-0.1, -0.05) is 25.1 Å². The number of nitrogens with zero attached hydrogens (tertiary/aromatic N) is 2. The fourth-order valence-corrected chi connectivity index (χ4v) is 4.33. The molecule has 2 N–H and O–H groups in total. The minimum absolute atomic E-state index is 0.0344.